The molecular weight excluding hydrogens is 891 g/mol. The van der Waals surface area contributed by atoms with Crippen LogP contribution in [-0.2, 0) is 20.1 Å². The van der Waals surface area contributed by atoms with Crippen molar-refractivity contribution in [3.8, 4) is 39.5 Å². The molecule has 0 aliphatic heterocycles. The van der Waals surface area contributed by atoms with Gasteiger partial charge in [-0.25, -0.2) is 0 Å². The molecule has 6 aromatic carbocycles. The van der Waals surface area contributed by atoms with Crippen LogP contribution in [0.2, 0.25) is 0 Å². The molecule has 0 saturated heterocycles. The maximum absolute atomic E-state index is 8.80. The first kappa shape index (κ1) is 32.8. The molecule has 0 fully saturated rings. The fourth-order valence-electron chi connectivity index (χ4n) is 7.31. The molecule has 57 heavy (non-hydrogen) atoms. The molecule has 0 saturated carbocycles. The summed E-state index contributed by atoms with van der Waals surface area (Å²) in [5.41, 5.74) is 9.47. The first-order valence-corrected chi connectivity index (χ1v) is 19.6. The van der Waals surface area contributed by atoms with E-state index in [2.05, 4.69) is 47.0 Å². The largest absolute Gasteiger partial charge is 0.333 e. The van der Waals surface area contributed by atoms with Gasteiger partial charge in [-0.2, -0.15) is 11.3 Å². The average molecular weight is 944 g/mol. The smallest absolute Gasteiger partial charge is 0.0774 e. The van der Waals surface area contributed by atoms with Crippen LogP contribution in [0.5, 0.6) is 0 Å². The van der Waals surface area contributed by atoms with E-state index in [1.54, 1.807) is 43.5 Å². The molecule has 9 aromatic rings. The molecule has 3 heterocycles. The maximum Gasteiger partial charge on any atom is 0.0774 e. The normalized spacial score (nSPS) is 13.7. The fraction of sp³-hybridized carbons (Fsp3) is 0.192. The van der Waals surface area contributed by atoms with Crippen molar-refractivity contribution in [3.05, 3.63) is 174 Å². The van der Waals surface area contributed by atoms with Gasteiger partial charge in [0.15, 0.2) is 0 Å². The van der Waals surface area contributed by atoms with Gasteiger partial charge in [0.25, 0.3) is 0 Å². The van der Waals surface area contributed by atoms with Crippen LogP contribution in [0.15, 0.2) is 140 Å². The predicted molar refractivity (Wildman–Crippen MR) is 239 cm³/mol. The van der Waals surface area contributed by atoms with Gasteiger partial charge in [-0.05, 0) is 91.9 Å². The van der Waals surface area contributed by atoms with Crippen molar-refractivity contribution in [1.29, 1.82) is 0 Å². The molecule has 0 atom stereocenters. The van der Waals surface area contributed by atoms with Crippen LogP contribution in [0.4, 0.5) is 0 Å². The molecular formula is C52H47IrN3S-2. The van der Waals surface area contributed by atoms with E-state index in [4.69, 9.17) is 18.2 Å². The molecule has 0 unspecified atom stereocenters. The third-order valence-corrected chi connectivity index (χ3v) is 11.3. The van der Waals surface area contributed by atoms with Gasteiger partial charge in [-0.1, -0.05) is 126 Å². The van der Waals surface area contributed by atoms with Gasteiger partial charge in [0.05, 0.1) is 16.9 Å². The summed E-state index contributed by atoms with van der Waals surface area (Å²) in [6, 6.07) is 50.0. The molecule has 0 aliphatic rings. The van der Waals surface area contributed by atoms with Crippen LogP contribution >= 0.6 is 11.3 Å². The van der Waals surface area contributed by atoms with E-state index in [0.717, 1.165) is 66.3 Å². The Bertz CT molecular complexity index is 3030. The molecule has 0 bridgehead atoms. The zero-order chi connectivity index (χ0) is 44.2. The quantitative estimate of drug-likeness (QED) is 0.149. The van der Waals surface area contributed by atoms with E-state index >= 15 is 0 Å². The fourth-order valence-corrected chi connectivity index (χ4v) is 8.52. The van der Waals surface area contributed by atoms with Gasteiger partial charge in [0, 0.05) is 44.9 Å². The van der Waals surface area contributed by atoms with Crippen molar-refractivity contribution in [2.45, 2.75) is 66.1 Å². The Morgan fingerprint density at radius 3 is 2.09 bits per heavy atom. The molecule has 0 N–H and O–H groups in total. The number of aromatic nitrogens is 3. The summed E-state index contributed by atoms with van der Waals surface area (Å²) in [6.07, 6.45) is 1.78. The van der Waals surface area contributed by atoms with Crippen LogP contribution in [-0.4, -0.2) is 14.5 Å². The number of para-hydroxylation sites is 3. The van der Waals surface area contributed by atoms with Gasteiger partial charge >= 0.3 is 0 Å². The number of nitrogens with zero attached hydrogens (tertiary/aromatic N) is 3. The number of hydrogen-bond donors (Lipinski definition) is 0. The summed E-state index contributed by atoms with van der Waals surface area (Å²) in [5, 5.41) is 2.44. The number of pyridine rings is 1. The standard InChI is InChI=1S/C27H22NS.C25H25N2.Ir/c1-17(2)21-13-11-19(15-18(21)3)20-12-14-25(28-16-20)24-9-6-8-23-22-7-4-5-10-26(22)29-27(23)24;1-17(2)20-13-10-14-21(18(3)4)24(20)27-23-16-9-8-15-22(23)26-25(27)19-11-6-5-7-12-19;/h4-8,10-17H,1-3H3;5-11,13-18H,1-4H3;/q2*-1;/i3D3,17D;17D,18D;. The summed E-state index contributed by atoms with van der Waals surface area (Å²) in [5.74, 6) is -1.89. The third-order valence-electron chi connectivity index (χ3n) is 10.1. The Kier molecular flexibility index (Phi) is 9.87. The van der Waals surface area contributed by atoms with E-state index < -0.39 is 24.5 Å². The van der Waals surface area contributed by atoms with Crippen LogP contribution in [0.3, 0.4) is 0 Å². The number of aryl methyl sites for hydroxylation is 1. The van der Waals surface area contributed by atoms with Crippen molar-refractivity contribution < 1.29 is 28.3 Å². The molecule has 0 spiro atoms. The second kappa shape index (κ2) is 17.1. The number of rotatable bonds is 7. The Morgan fingerprint density at radius 1 is 0.667 bits per heavy atom. The first-order chi connectivity index (χ1) is 29.3. The van der Waals surface area contributed by atoms with E-state index in [0.29, 0.717) is 5.56 Å². The minimum absolute atomic E-state index is 0. The number of hydrogen-bond acceptors (Lipinski definition) is 3. The van der Waals surface area contributed by atoms with Gasteiger partial charge in [0.1, 0.15) is 0 Å². The molecule has 1 radical (unpaired) electrons. The molecule has 3 aromatic heterocycles. The Balaban J connectivity index is 0.000000188. The van der Waals surface area contributed by atoms with Crippen molar-refractivity contribution in [3.63, 3.8) is 0 Å². The van der Waals surface area contributed by atoms with Crippen LogP contribution in [0.25, 0.3) is 70.7 Å². The van der Waals surface area contributed by atoms with Crippen LogP contribution in [0, 0.1) is 19.0 Å². The van der Waals surface area contributed by atoms with Crippen molar-refractivity contribution >= 4 is 42.5 Å². The molecule has 5 heteroatoms. The predicted octanol–water partition coefficient (Wildman–Crippen LogP) is 14.8. The molecule has 0 aliphatic carbocycles. The molecule has 3 nitrogen and oxygen atoms in total. The van der Waals surface area contributed by atoms with E-state index in [1.807, 2.05) is 119 Å². The van der Waals surface area contributed by atoms with Crippen molar-refractivity contribution in [1.82, 2.24) is 14.5 Å². The zero-order valence-electron chi connectivity index (χ0n) is 38.9. The minimum Gasteiger partial charge on any atom is -0.333 e. The minimum atomic E-state index is -2.29. The first-order valence-electron chi connectivity index (χ1n) is 21.8. The summed E-state index contributed by atoms with van der Waals surface area (Å²) >= 11 is 1.74. The number of fused-ring (bicyclic) bond motifs is 4. The summed E-state index contributed by atoms with van der Waals surface area (Å²) < 4.78 is 54.3. The number of thiophene rings is 1. The Hall–Kier alpha value is -5.19. The maximum atomic E-state index is 8.80. The SMILES string of the molecule is [2H]C(C)(C)c1cccc(C([2H])(C)C)c1-n1c(-c2[c-]cccc2)nc2ccccc21.[2H]C([2H])([2H])c1cc(-c2ccc(-c3[c-]ccc4c3sc3ccccc34)nc2)ccc1C([2H])(C)C.[Ir]. The average Bonchev–Trinajstić information content (AvgIpc) is 3.82. The zero-order valence-corrected chi connectivity index (χ0v) is 36.1. The van der Waals surface area contributed by atoms with Gasteiger partial charge in [-0.15, -0.1) is 59.7 Å². The third kappa shape index (κ3) is 7.90. The molecule has 287 valence electrons. The van der Waals surface area contributed by atoms with E-state index in [9.17, 15) is 0 Å². The topological polar surface area (TPSA) is 30.7 Å². The van der Waals surface area contributed by atoms with Crippen LogP contribution < -0.4 is 0 Å². The van der Waals surface area contributed by atoms with E-state index in [-0.39, 0.29) is 25.7 Å². The Morgan fingerprint density at radius 2 is 1.39 bits per heavy atom. The van der Waals surface area contributed by atoms with E-state index in [1.165, 1.54) is 15.5 Å². The summed E-state index contributed by atoms with van der Waals surface area (Å²) in [7, 11) is 0. The van der Waals surface area contributed by atoms with Gasteiger partial charge < -0.3 is 9.55 Å². The van der Waals surface area contributed by atoms with Crippen molar-refractivity contribution in [2.75, 3.05) is 0 Å². The number of benzene rings is 6. The second-order valence-electron chi connectivity index (χ2n) is 14.6. The van der Waals surface area contributed by atoms with Crippen molar-refractivity contribution in [2.24, 2.45) is 0 Å². The molecule has 9 rings (SSSR count). The monoisotopic (exact) mass is 944 g/mol. The second-order valence-corrected chi connectivity index (χ2v) is 15.7. The molecule has 0 amide bonds. The van der Waals surface area contributed by atoms with Gasteiger partial charge in [0.2, 0.25) is 0 Å². The summed E-state index contributed by atoms with van der Waals surface area (Å²) in [4.78, 5) is 9.62. The Labute approximate surface area is 363 Å². The van der Waals surface area contributed by atoms with Gasteiger partial charge in [-0.3, -0.25) is 4.98 Å². The number of imidazole rings is 1. The van der Waals surface area contributed by atoms with Crippen LogP contribution in [0.1, 0.15) is 89.7 Å². The summed E-state index contributed by atoms with van der Waals surface area (Å²) in [6.45, 7) is 8.68.